The van der Waals surface area contributed by atoms with E-state index in [0.29, 0.717) is 5.69 Å². The van der Waals surface area contributed by atoms with Crippen LogP contribution < -0.4 is 10.2 Å². The van der Waals surface area contributed by atoms with Crippen LogP contribution >= 0.6 is 0 Å². The van der Waals surface area contributed by atoms with Gasteiger partial charge in [-0.3, -0.25) is 9.59 Å². The maximum absolute atomic E-state index is 12.9. The highest BCUT2D eigenvalue weighted by Gasteiger charge is 2.34. The van der Waals surface area contributed by atoms with Crippen LogP contribution in [-0.2, 0) is 20.7 Å². The number of para-hydroxylation sites is 1. The molecular weight excluding hydrogens is 344 g/mol. The van der Waals surface area contributed by atoms with E-state index < -0.39 is 12.1 Å². The number of fused-ring (bicyclic) bond motifs is 1. The Morgan fingerprint density at radius 3 is 2.63 bits per heavy atom. The number of carbonyl (C=O) groups is 3. The molecule has 0 spiro atoms. The van der Waals surface area contributed by atoms with Crippen molar-refractivity contribution in [2.24, 2.45) is 0 Å². The van der Waals surface area contributed by atoms with Crippen molar-refractivity contribution < 1.29 is 19.1 Å². The third-order valence-electron chi connectivity index (χ3n) is 4.49. The van der Waals surface area contributed by atoms with E-state index in [2.05, 4.69) is 5.32 Å². The third-order valence-corrected chi connectivity index (χ3v) is 4.49. The standard InChI is InChI=1S/C21H22N2O4/c1-13-11-16-7-4-5-10-19(16)23(13)20(25)14(2)27-21(26)17-8-6-9-18(12-17)22-15(3)24/h4-10,12-14H,11H2,1-3H3,(H,22,24)/t13-,14+/m1/s1. The Kier molecular flexibility index (Phi) is 5.26. The van der Waals surface area contributed by atoms with Crippen molar-refractivity contribution in [3.8, 4) is 0 Å². The Morgan fingerprint density at radius 1 is 1.15 bits per heavy atom. The van der Waals surface area contributed by atoms with Gasteiger partial charge in [0.15, 0.2) is 6.10 Å². The highest BCUT2D eigenvalue weighted by Crippen LogP contribution is 2.32. The molecule has 3 rings (SSSR count). The van der Waals surface area contributed by atoms with E-state index in [1.165, 1.54) is 13.0 Å². The minimum atomic E-state index is -0.921. The molecule has 2 amide bonds. The van der Waals surface area contributed by atoms with Crippen LogP contribution in [0.2, 0.25) is 0 Å². The van der Waals surface area contributed by atoms with Gasteiger partial charge >= 0.3 is 5.97 Å². The first kappa shape index (κ1) is 18.6. The Balaban J connectivity index is 1.72. The SMILES string of the molecule is CC(=O)Nc1cccc(C(=O)O[C@@H](C)C(=O)N2c3ccccc3C[C@H]2C)c1. The molecule has 0 unspecified atom stereocenters. The molecule has 6 nitrogen and oxygen atoms in total. The second kappa shape index (κ2) is 7.61. The molecule has 2 aromatic carbocycles. The predicted octanol–water partition coefficient (Wildman–Crippen LogP) is 3.17. The number of anilines is 2. The molecule has 0 saturated heterocycles. The number of nitrogens with zero attached hydrogens (tertiary/aromatic N) is 1. The maximum atomic E-state index is 12.9. The van der Waals surface area contributed by atoms with E-state index in [1.54, 1.807) is 30.0 Å². The van der Waals surface area contributed by atoms with Crippen molar-refractivity contribution >= 4 is 29.2 Å². The van der Waals surface area contributed by atoms with Gasteiger partial charge in [-0.2, -0.15) is 0 Å². The first-order valence-corrected chi connectivity index (χ1v) is 8.86. The van der Waals surface area contributed by atoms with E-state index in [1.807, 2.05) is 31.2 Å². The maximum Gasteiger partial charge on any atom is 0.338 e. The zero-order valence-corrected chi connectivity index (χ0v) is 15.6. The molecule has 1 aliphatic rings. The second-order valence-electron chi connectivity index (χ2n) is 6.70. The van der Waals surface area contributed by atoms with Gasteiger partial charge in [-0.25, -0.2) is 4.79 Å². The van der Waals surface area contributed by atoms with Gasteiger partial charge in [-0.05, 0) is 50.1 Å². The van der Waals surface area contributed by atoms with Gasteiger partial charge in [0, 0.05) is 24.3 Å². The number of benzene rings is 2. The largest absolute Gasteiger partial charge is 0.449 e. The molecule has 0 bridgehead atoms. The van der Waals surface area contributed by atoms with Gasteiger partial charge < -0.3 is 15.0 Å². The van der Waals surface area contributed by atoms with Gasteiger partial charge in [-0.15, -0.1) is 0 Å². The zero-order valence-electron chi connectivity index (χ0n) is 15.6. The summed E-state index contributed by atoms with van der Waals surface area (Å²) in [6, 6.07) is 14.2. The van der Waals surface area contributed by atoms with E-state index in [0.717, 1.165) is 17.7 Å². The van der Waals surface area contributed by atoms with Gasteiger partial charge in [0.1, 0.15) is 0 Å². The van der Waals surface area contributed by atoms with E-state index in [9.17, 15) is 14.4 Å². The molecule has 140 valence electrons. The van der Waals surface area contributed by atoms with Crippen LogP contribution in [-0.4, -0.2) is 29.9 Å². The number of hydrogen-bond donors (Lipinski definition) is 1. The van der Waals surface area contributed by atoms with Crippen LogP contribution in [0.4, 0.5) is 11.4 Å². The Bertz CT molecular complexity index is 893. The fourth-order valence-corrected chi connectivity index (χ4v) is 3.30. The van der Waals surface area contributed by atoms with Crippen LogP contribution in [0.15, 0.2) is 48.5 Å². The molecule has 6 heteroatoms. The molecule has 1 heterocycles. The zero-order chi connectivity index (χ0) is 19.6. The lowest BCUT2D eigenvalue weighted by molar-refractivity contribution is -0.126. The minimum Gasteiger partial charge on any atom is -0.449 e. The molecule has 1 aliphatic heterocycles. The number of carbonyl (C=O) groups excluding carboxylic acids is 3. The van der Waals surface area contributed by atoms with Gasteiger partial charge in [0.2, 0.25) is 5.91 Å². The number of ether oxygens (including phenoxy) is 1. The smallest absolute Gasteiger partial charge is 0.338 e. The van der Waals surface area contributed by atoms with Gasteiger partial charge in [-0.1, -0.05) is 24.3 Å². The van der Waals surface area contributed by atoms with Crippen LogP contribution in [0.3, 0.4) is 0 Å². The summed E-state index contributed by atoms with van der Waals surface area (Å²) in [5.74, 6) is -1.09. The monoisotopic (exact) mass is 366 g/mol. The normalized spacial score (nSPS) is 16.4. The molecule has 0 radical (unpaired) electrons. The number of nitrogens with one attached hydrogen (secondary N) is 1. The Labute approximate surface area is 158 Å². The van der Waals surface area contributed by atoms with Crippen molar-refractivity contribution in [2.45, 2.75) is 39.3 Å². The number of hydrogen-bond acceptors (Lipinski definition) is 4. The quantitative estimate of drug-likeness (QED) is 0.844. The Morgan fingerprint density at radius 2 is 1.89 bits per heavy atom. The van der Waals surface area contributed by atoms with Crippen LogP contribution in [0, 0.1) is 0 Å². The fourth-order valence-electron chi connectivity index (χ4n) is 3.30. The average molecular weight is 366 g/mol. The van der Waals surface area contributed by atoms with Crippen molar-refractivity contribution in [3.63, 3.8) is 0 Å². The Hall–Kier alpha value is -3.15. The van der Waals surface area contributed by atoms with Crippen LogP contribution in [0.25, 0.3) is 0 Å². The summed E-state index contributed by atoms with van der Waals surface area (Å²) < 4.78 is 5.39. The lowest BCUT2D eigenvalue weighted by Gasteiger charge is -2.26. The summed E-state index contributed by atoms with van der Waals surface area (Å²) in [4.78, 5) is 38.2. The summed E-state index contributed by atoms with van der Waals surface area (Å²) in [6.45, 7) is 4.94. The fraction of sp³-hybridized carbons (Fsp3) is 0.286. The summed E-state index contributed by atoms with van der Waals surface area (Å²) in [6.07, 6.45) is -0.142. The summed E-state index contributed by atoms with van der Waals surface area (Å²) in [7, 11) is 0. The average Bonchev–Trinajstić information content (AvgIpc) is 2.96. The second-order valence-corrected chi connectivity index (χ2v) is 6.70. The molecule has 0 fully saturated rings. The van der Waals surface area contributed by atoms with Crippen LogP contribution in [0.1, 0.15) is 36.7 Å². The first-order valence-electron chi connectivity index (χ1n) is 8.86. The van der Waals surface area contributed by atoms with Crippen molar-refractivity contribution in [1.82, 2.24) is 0 Å². The van der Waals surface area contributed by atoms with E-state index in [-0.39, 0.29) is 23.4 Å². The van der Waals surface area contributed by atoms with Gasteiger partial charge in [0.25, 0.3) is 5.91 Å². The molecule has 0 aromatic heterocycles. The third kappa shape index (κ3) is 4.00. The first-order chi connectivity index (χ1) is 12.9. The molecule has 2 atom stereocenters. The summed E-state index contributed by atoms with van der Waals surface area (Å²) in [5.41, 5.74) is 2.75. The summed E-state index contributed by atoms with van der Waals surface area (Å²) >= 11 is 0. The van der Waals surface area contributed by atoms with Crippen LogP contribution in [0.5, 0.6) is 0 Å². The number of amides is 2. The van der Waals surface area contributed by atoms with Crippen molar-refractivity contribution in [1.29, 1.82) is 0 Å². The molecule has 0 aliphatic carbocycles. The lowest BCUT2D eigenvalue weighted by atomic mass is 10.1. The molecule has 1 N–H and O–H groups in total. The van der Waals surface area contributed by atoms with E-state index in [4.69, 9.17) is 4.74 Å². The topological polar surface area (TPSA) is 75.7 Å². The number of esters is 1. The number of rotatable bonds is 4. The van der Waals surface area contributed by atoms with Crippen molar-refractivity contribution in [2.75, 3.05) is 10.2 Å². The minimum absolute atomic E-state index is 0.0131. The molecule has 27 heavy (non-hydrogen) atoms. The van der Waals surface area contributed by atoms with Gasteiger partial charge in [0.05, 0.1) is 5.56 Å². The van der Waals surface area contributed by atoms with E-state index >= 15 is 0 Å². The molecule has 0 saturated carbocycles. The van der Waals surface area contributed by atoms with Crippen molar-refractivity contribution in [3.05, 3.63) is 59.7 Å². The highest BCUT2D eigenvalue weighted by molar-refractivity contribution is 6.01. The molecular formula is C21H22N2O4. The summed E-state index contributed by atoms with van der Waals surface area (Å²) in [5, 5.41) is 2.62. The molecule has 2 aromatic rings. The predicted molar refractivity (Wildman–Crippen MR) is 103 cm³/mol. The highest BCUT2D eigenvalue weighted by atomic mass is 16.5. The lowest BCUT2D eigenvalue weighted by Crippen LogP contribution is -2.43.